The standard InChI is InChI=1S/C35H43F3O2/c1-3-5-7-8-9-11-25-12-20-32(40-24-25)28-17-18-29(31(36)23-28)26-13-15-27(16-14-26)30-19-21-33(35(38)34(30)37)39-22-10-6-4-2/h13-19,21,23,25,32H,3-12,20,22,24H2,1-2H3. The van der Waals surface area contributed by atoms with Gasteiger partial charge in [0.25, 0.3) is 0 Å². The lowest BCUT2D eigenvalue weighted by molar-refractivity contribution is -0.0200. The van der Waals surface area contributed by atoms with Gasteiger partial charge in [-0.3, -0.25) is 0 Å². The van der Waals surface area contributed by atoms with Crippen molar-refractivity contribution in [3.63, 3.8) is 0 Å². The normalized spacial score (nSPS) is 17.2. The molecule has 2 atom stereocenters. The summed E-state index contributed by atoms with van der Waals surface area (Å²) in [4.78, 5) is 0. The van der Waals surface area contributed by atoms with E-state index in [1.165, 1.54) is 50.7 Å². The van der Waals surface area contributed by atoms with E-state index in [-0.39, 0.29) is 23.2 Å². The summed E-state index contributed by atoms with van der Waals surface area (Å²) < 4.78 is 56.2. The molecule has 1 fully saturated rings. The minimum absolute atomic E-state index is 0.0706. The summed E-state index contributed by atoms with van der Waals surface area (Å²) in [6.07, 6.45) is 12.4. The average molecular weight is 553 g/mol. The number of rotatable bonds is 14. The van der Waals surface area contributed by atoms with Crippen molar-refractivity contribution in [1.29, 1.82) is 0 Å². The Morgan fingerprint density at radius 2 is 1.40 bits per heavy atom. The molecular weight excluding hydrogens is 509 g/mol. The molecule has 3 aromatic rings. The lowest BCUT2D eigenvalue weighted by Gasteiger charge is -2.29. The summed E-state index contributed by atoms with van der Waals surface area (Å²) in [7, 11) is 0. The van der Waals surface area contributed by atoms with Crippen LogP contribution in [0, 0.1) is 23.4 Å². The summed E-state index contributed by atoms with van der Waals surface area (Å²) >= 11 is 0. The fourth-order valence-corrected chi connectivity index (χ4v) is 5.53. The molecule has 1 heterocycles. The quantitative estimate of drug-likeness (QED) is 0.185. The Morgan fingerprint density at radius 1 is 0.725 bits per heavy atom. The van der Waals surface area contributed by atoms with Crippen LogP contribution in [0.5, 0.6) is 5.75 Å². The molecule has 0 N–H and O–H groups in total. The van der Waals surface area contributed by atoms with Crippen LogP contribution in [-0.4, -0.2) is 13.2 Å². The SMILES string of the molecule is CCCCCCCC1CCC(c2ccc(-c3ccc(-c4ccc(OCCCCC)c(F)c4F)cc3)c(F)c2)OC1. The van der Waals surface area contributed by atoms with Gasteiger partial charge in [-0.05, 0) is 66.5 Å². The highest BCUT2D eigenvalue weighted by Crippen LogP contribution is 2.36. The molecule has 3 aromatic carbocycles. The maximum Gasteiger partial charge on any atom is 0.201 e. The van der Waals surface area contributed by atoms with Gasteiger partial charge in [0, 0.05) is 11.1 Å². The van der Waals surface area contributed by atoms with Crippen LogP contribution in [0.25, 0.3) is 22.3 Å². The minimum atomic E-state index is -0.983. The van der Waals surface area contributed by atoms with Gasteiger partial charge < -0.3 is 9.47 Å². The van der Waals surface area contributed by atoms with E-state index >= 15 is 4.39 Å². The predicted molar refractivity (Wildman–Crippen MR) is 157 cm³/mol. The highest BCUT2D eigenvalue weighted by molar-refractivity contribution is 5.71. The second kappa shape index (κ2) is 15.3. The summed E-state index contributed by atoms with van der Waals surface area (Å²) in [5.74, 6) is -1.71. The second-order valence-electron chi connectivity index (χ2n) is 11.1. The molecule has 1 aliphatic heterocycles. The average Bonchev–Trinajstić information content (AvgIpc) is 2.98. The van der Waals surface area contributed by atoms with Gasteiger partial charge in [0.15, 0.2) is 11.6 Å². The van der Waals surface area contributed by atoms with Crippen LogP contribution in [0.3, 0.4) is 0 Å². The molecule has 0 amide bonds. The lowest BCUT2D eigenvalue weighted by Crippen LogP contribution is -2.20. The van der Waals surface area contributed by atoms with Crippen molar-refractivity contribution in [2.24, 2.45) is 5.92 Å². The Labute approximate surface area is 237 Å². The molecule has 0 saturated carbocycles. The zero-order valence-corrected chi connectivity index (χ0v) is 24.0. The molecule has 2 nitrogen and oxygen atoms in total. The maximum atomic E-state index is 15.2. The van der Waals surface area contributed by atoms with Crippen molar-refractivity contribution in [2.45, 2.75) is 90.6 Å². The molecule has 4 rings (SSSR count). The fraction of sp³-hybridized carbons (Fsp3) is 0.486. The van der Waals surface area contributed by atoms with Crippen LogP contribution in [-0.2, 0) is 4.74 Å². The van der Waals surface area contributed by atoms with E-state index < -0.39 is 11.6 Å². The number of unbranched alkanes of at least 4 members (excludes halogenated alkanes) is 6. The summed E-state index contributed by atoms with van der Waals surface area (Å²) in [5.41, 5.74) is 2.68. The predicted octanol–water partition coefficient (Wildman–Crippen LogP) is 10.8. The monoisotopic (exact) mass is 552 g/mol. The number of hydrogen-bond acceptors (Lipinski definition) is 2. The highest BCUT2D eigenvalue weighted by atomic mass is 19.2. The molecule has 0 radical (unpaired) electrons. The van der Waals surface area contributed by atoms with E-state index in [1.807, 2.05) is 6.07 Å². The van der Waals surface area contributed by atoms with Gasteiger partial charge >= 0.3 is 0 Å². The third-order valence-electron chi connectivity index (χ3n) is 8.01. The topological polar surface area (TPSA) is 18.5 Å². The van der Waals surface area contributed by atoms with Gasteiger partial charge in [-0.15, -0.1) is 0 Å². The van der Waals surface area contributed by atoms with Crippen molar-refractivity contribution in [1.82, 2.24) is 0 Å². The first-order valence-corrected chi connectivity index (χ1v) is 15.1. The largest absolute Gasteiger partial charge is 0.490 e. The van der Waals surface area contributed by atoms with Crippen molar-refractivity contribution >= 4 is 0 Å². The molecule has 0 bridgehead atoms. The molecular formula is C35H43F3O2. The van der Waals surface area contributed by atoms with Gasteiger partial charge in [-0.2, -0.15) is 4.39 Å². The molecule has 0 spiro atoms. The second-order valence-corrected chi connectivity index (χ2v) is 11.1. The minimum Gasteiger partial charge on any atom is -0.490 e. The van der Waals surface area contributed by atoms with Crippen LogP contribution in [0.1, 0.15) is 96.1 Å². The molecule has 5 heteroatoms. The molecule has 2 unspecified atom stereocenters. The number of hydrogen-bond donors (Lipinski definition) is 0. The van der Waals surface area contributed by atoms with Gasteiger partial charge in [-0.25, -0.2) is 8.78 Å². The summed E-state index contributed by atoms with van der Waals surface area (Å²) in [5, 5.41) is 0. The first-order chi connectivity index (χ1) is 19.5. The number of benzene rings is 3. The van der Waals surface area contributed by atoms with Crippen LogP contribution in [0.4, 0.5) is 13.2 Å². The third-order valence-corrected chi connectivity index (χ3v) is 8.01. The molecule has 1 aliphatic rings. The van der Waals surface area contributed by atoms with Crippen molar-refractivity contribution < 1.29 is 22.6 Å². The van der Waals surface area contributed by atoms with E-state index in [0.717, 1.165) is 44.3 Å². The van der Waals surface area contributed by atoms with Gasteiger partial charge in [0.1, 0.15) is 5.82 Å². The maximum absolute atomic E-state index is 15.2. The molecule has 0 aromatic heterocycles. The zero-order valence-electron chi connectivity index (χ0n) is 24.0. The van der Waals surface area contributed by atoms with Gasteiger partial charge in [-0.1, -0.05) is 95.2 Å². The van der Waals surface area contributed by atoms with Gasteiger partial charge in [0.2, 0.25) is 5.82 Å². The zero-order chi connectivity index (χ0) is 28.3. The Morgan fingerprint density at radius 3 is 2.08 bits per heavy atom. The van der Waals surface area contributed by atoms with E-state index in [2.05, 4.69) is 13.8 Å². The number of halogens is 3. The summed E-state index contributed by atoms with van der Waals surface area (Å²) in [6, 6.07) is 15.2. The smallest absolute Gasteiger partial charge is 0.201 e. The number of ether oxygens (including phenoxy) is 2. The van der Waals surface area contributed by atoms with Crippen molar-refractivity contribution in [3.05, 3.63) is 77.6 Å². The van der Waals surface area contributed by atoms with E-state index in [1.54, 1.807) is 36.4 Å². The Kier molecular flexibility index (Phi) is 11.5. The van der Waals surface area contributed by atoms with Crippen LogP contribution < -0.4 is 4.74 Å². The molecule has 1 saturated heterocycles. The van der Waals surface area contributed by atoms with E-state index in [4.69, 9.17) is 9.47 Å². The van der Waals surface area contributed by atoms with E-state index in [9.17, 15) is 8.78 Å². The van der Waals surface area contributed by atoms with Crippen molar-refractivity contribution in [2.75, 3.05) is 13.2 Å². The fourth-order valence-electron chi connectivity index (χ4n) is 5.53. The van der Waals surface area contributed by atoms with Crippen LogP contribution in [0.2, 0.25) is 0 Å². The Bertz CT molecular complexity index is 1200. The summed E-state index contributed by atoms with van der Waals surface area (Å²) in [6.45, 7) is 5.40. The first-order valence-electron chi connectivity index (χ1n) is 15.1. The lowest BCUT2D eigenvalue weighted by atomic mass is 9.90. The molecule has 40 heavy (non-hydrogen) atoms. The van der Waals surface area contributed by atoms with Crippen LogP contribution >= 0.6 is 0 Å². The van der Waals surface area contributed by atoms with Crippen LogP contribution in [0.15, 0.2) is 54.6 Å². The van der Waals surface area contributed by atoms with E-state index in [0.29, 0.717) is 29.2 Å². The Hall–Kier alpha value is -2.79. The molecule has 216 valence electrons. The van der Waals surface area contributed by atoms with Crippen molar-refractivity contribution in [3.8, 4) is 28.0 Å². The van der Waals surface area contributed by atoms with Gasteiger partial charge in [0.05, 0.1) is 19.3 Å². The first kappa shape index (κ1) is 30.2. The third kappa shape index (κ3) is 7.90. The highest BCUT2D eigenvalue weighted by Gasteiger charge is 2.24. The molecule has 0 aliphatic carbocycles. The Balaban J connectivity index is 1.36.